The van der Waals surface area contributed by atoms with E-state index >= 15 is 0 Å². The topological polar surface area (TPSA) is 47.6 Å². The molecule has 0 saturated heterocycles. The average Bonchev–Trinajstić information content (AvgIpc) is 2.61. The summed E-state index contributed by atoms with van der Waals surface area (Å²) in [5.41, 5.74) is 4.02. The standard InChI is InChI=1S/C19H17NO3/c1-22-18-10-9-15-11-17(8-7-16(15)12-18)19(21)20-23-13-14-5-3-2-4-6-14/h2-12H,13H2,1H3,(H,20,21). The van der Waals surface area contributed by atoms with Crippen molar-refractivity contribution in [3.63, 3.8) is 0 Å². The zero-order valence-electron chi connectivity index (χ0n) is 12.8. The van der Waals surface area contributed by atoms with Gasteiger partial charge in [0.25, 0.3) is 5.91 Å². The molecular formula is C19H17NO3. The van der Waals surface area contributed by atoms with Gasteiger partial charge in [-0.25, -0.2) is 5.48 Å². The summed E-state index contributed by atoms with van der Waals surface area (Å²) in [7, 11) is 1.63. The highest BCUT2D eigenvalue weighted by molar-refractivity contribution is 5.98. The zero-order chi connectivity index (χ0) is 16.1. The smallest absolute Gasteiger partial charge is 0.274 e. The molecule has 0 aliphatic carbocycles. The highest BCUT2D eigenvalue weighted by atomic mass is 16.6. The Morgan fingerprint density at radius 1 is 0.957 bits per heavy atom. The highest BCUT2D eigenvalue weighted by Crippen LogP contribution is 2.21. The molecule has 3 aromatic rings. The van der Waals surface area contributed by atoms with Crippen molar-refractivity contribution >= 4 is 16.7 Å². The Hall–Kier alpha value is -2.85. The van der Waals surface area contributed by atoms with Crippen molar-refractivity contribution in [1.82, 2.24) is 5.48 Å². The SMILES string of the molecule is COc1ccc2cc(C(=O)NOCc3ccccc3)ccc2c1. The maximum Gasteiger partial charge on any atom is 0.274 e. The van der Waals surface area contributed by atoms with Crippen LogP contribution in [0.25, 0.3) is 10.8 Å². The number of methoxy groups -OCH3 is 1. The summed E-state index contributed by atoms with van der Waals surface area (Å²) in [4.78, 5) is 17.4. The van der Waals surface area contributed by atoms with Crippen molar-refractivity contribution in [3.05, 3.63) is 77.9 Å². The van der Waals surface area contributed by atoms with Crippen LogP contribution < -0.4 is 10.2 Å². The van der Waals surface area contributed by atoms with E-state index in [1.165, 1.54) is 0 Å². The minimum Gasteiger partial charge on any atom is -0.497 e. The van der Waals surface area contributed by atoms with Crippen LogP contribution in [0.1, 0.15) is 15.9 Å². The fourth-order valence-electron chi connectivity index (χ4n) is 2.31. The minimum atomic E-state index is -0.265. The molecule has 0 aromatic heterocycles. The first kappa shape index (κ1) is 15.1. The Bertz CT molecular complexity index is 815. The molecule has 116 valence electrons. The highest BCUT2D eigenvalue weighted by Gasteiger charge is 2.07. The summed E-state index contributed by atoms with van der Waals surface area (Å²) < 4.78 is 5.20. The van der Waals surface area contributed by atoms with Crippen molar-refractivity contribution in [2.45, 2.75) is 6.61 Å². The monoisotopic (exact) mass is 307 g/mol. The molecule has 0 saturated carbocycles. The van der Waals surface area contributed by atoms with E-state index in [4.69, 9.17) is 9.57 Å². The molecule has 4 heteroatoms. The van der Waals surface area contributed by atoms with E-state index in [9.17, 15) is 4.79 Å². The van der Waals surface area contributed by atoms with Gasteiger partial charge in [-0.1, -0.05) is 42.5 Å². The van der Waals surface area contributed by atoms with Crippen LogP contribution in [0.5, 0.6) is 5.75 Å². The zero-order valence-corrected chi connectivity index (χ0v) is 12.8. The Morgan fingerprint density at radius 2 is 1.70 bits per heavy atom. The summed E-state index contributed by atoms with van der Waals surface area (Å²) in [6.45, 7) is 0.331. The van der Waals surface area contributed by atoms with Crippen molar-refractivity contribution in [2.75, 3.05) is 7.11 Å². The number of benzene rings is 3. The molecule has 0 spiro atoms. The van der Waals surface area contributed by atoms with E-state index in [1.54, 1.807) is 13.2 Å². The quantitative estimate of drug-likeness (QED) is 0.731. The van der Waals surface area contributed by atoms with E-state index in [0.717, 1.165) is 22.1 Å². The number of carbonyl (C=O) groups excluding carboxylic acids is 1. The van der Waals surface area contributed by atoms with Gasteiger partial charge in [0, 0.05) is 5.56 Å². The molecule has 3 aromatic carbocycles. The van der Waals surface area contributed by atoms with Crippen LogP contribution in [0.15, 0.2) is 66.7 Å². The molecule has 0 heterocycles. The molecule has 0 radical (unpaired) electrons. The van der Waals surface area contributed by atoms with Crippen molar-refractivity contribution in [3.8, 4) is 5.75 Å². The fraction of sp³-hybridized carbons (Fsp3) is 0.105. The molecule has 0 unspecified atom stereocenters. The Labute approximate surface area is 134 Å². The minimum absolute atomic E-state index is 0.265. The van der Waals surface area contributed by atoms with Gasteiger partial charge in [-0.05, 0) is 40.6 Å². The number of hydrogen-bond acceptors (Lipinski definition) is 3. The second-order valence-corrected chi connectivity index (χ2v) is 5.13. The van der Waals surface area contributed by atoms with Gasteiger partial charge in [0.2, 0.25) is 0 Å². The number of ether oxygens (including phenoxy) is 1. The van der Waals surface area contributed by atoms with Crippen LogP contribution >= 0.6 is 0 Å². The van der Waals surface area contributed by atoms with Crippen LogP contribution in [-0.2, 0) is 11.4 Å². The second-order valence-electron chi connectivity index (χ2n) is 5.13. The third kappa shape index (κ3) is 3.67. The van der Waals surface area contributed by atoms with Crippen LogP contribution in [0.2, 0.25) is 0 Å². The molecule has 0 aliphatic rings. The van der Waals surface area contributed by atoms with Gasteiger partial charge in [0.1, 0.15) is 5.75 Å². The lowest BCUT2D eigenvalue weighted by molar-refractivity contribution is 0.0233. The van der Waals surface area contributed by atoms with Crippen molar-refractivity contribution in [2.24, 2.45) is 0 Å². The number of fused-ring (bicyclic) bond motifs is 1. The van der Waals surface area contributed by atoms with Gasteiger partial charge in [-0.3, -0.25) is 9.63 Å². The first-order chi connectivity index (χ1) is 11.3. The molecule has 0 atom stereocenters. The third-order valence-electron chi connectivity index (χ3n) is 3.56. The van der Waals surface area contributed by atoms with Crippen LogP contribution in [0.4, 0.5) is 0 Å². The van der Waals surface area contributed by atoms with Gasteiger partial charge in [0.15, 0.2) is 0 Å². The van der Waals surface area contributed by atoms with Crippen LogP contribution in [0, 0.1) is 0 Å². The first-order valence-electron chi connectivity index (χ1n) is 7.30. The van der Waals surface area contributed by atoms with Gasteiger partial charge in [0.05, 0.1) is 13.7 Å². The van der Waals surface area contributed by atoms with E-state index in [1.807, 2.05) is 60.7 Å². The summed E-state index contributed by atoms with van der Waals surface area (Å²) in [6.07, 6.45) is 0. The Morgan fingerprint density at radius 3 is 2.48 bits per heavy atom. The first-order valence-corrected chi connectivity index (χ1v) is 7.30. The van der Waals surface area contributed by atoms with Crippen LogP contribution in [-0.4, -0.2) is 13.0 Å². The van der Waals surface area contributed by atoms with Gasteiger partial charge < -0.3 is 4.74 Å². The lowest BCUT2D eigenvalue weighted by Crippen LogP contribution is -2.23. The molecule has 23 heavy (non-hydrogen) atoms. The molecule has 4 nitrogen and oxygen atoms in total. The summed E-state index contributed by atoms with van der Waals surface area (Å²) in [5.74, 6) is 0.527. The van der Waals surface area contributed by atoms with E-state index in [-0.39, 0.29) is 5.91 Å². The number of nitrogens with one attached hydrogen (secondary N) is 1. The number of hydrogen-bond donors (Lipinski definition) is 1. The lowest BCUT2D eigenvalue weighted by Gasteiger charge is -2.07. The second kappa shape index (κ2) is 6.94. The summed E-state index contributed by atoms with van der Waals surface area (Å²) in [5, 5.41) is 1.99. The number of hydroxylamine groups is 1. The fourth-order valence-corrected chi connectivity index (χ4v) is 2.31. The van der Waals surface area contributed by atoms with E-state index in [2.05, 4.69) is 5.48 Å². The average molecular weight is 307 g/mol. The van der Waals surface area contributed by atoms with Gasteiger partial charge in [-0.15, -0.1) is 0 Å². The number of rotatable bonds is 5. The van der Waals surface area contributed by atoms with Crippen molar-refractivity contribution in [1.29, 1.82) is 0 Å². The normalized spacial score (nSPS) is 10.5. The van der Waals surface area contributed by atoms with Gasteiger partial charge >= 0.3 is 0 Å². The molecule has 0 aliphatic heterocycles. The Balaban J connectivity index is 1.66. The van der Waals surface area contributed by atoms with E-state index < -0.39 is 0 Å². The molecule has 3 rings (SSSR count). The van der Waals surface area contributed by atoms with Crippen molar-refractivity contribution < 1.29 is 14.4 Å². The maximum absolute atomic E-state index is 12.1. The predicted molar refractivity (Wildman–Crippen MR) is 89.2 cm³/mol. The molecular weight excluding hydrogens is 290 g/mol. The molecule has 0 fully saturated rings. The molecule has 1 amide bonds. The molecule has 0 bridgehead atoms. The summed E-state index contributed by atoms with van der Waals surface area (Å²) in [6, 6.07) is 20.9. The third-order valence-corrected chi connectivity index (χ3v) is 3.56. The van der Waals surface area contributed by atoms with Gasteiger partial charge in [-0.2, -0.15) is 0 Å². The number of amides is 1. The number of carbonyl (C=O) groups is 1. The van der Waals surface area contributed by atoms with E-state index in [0.29, 0.717) is 12.2 Å². The largest absolute Gasteiger partial charge is 0.497 e. The Kier molecular flexibility index (Phi) is 4.54. The molecule has 1 N–H and O–H groups in total. The lowest BCUT2D eigenvalue weighted by atomic mass is 10.1. The predicted octanol–water partition coefficient (Wildman–Crippen LogP) is 3.71. The summed E-state index contributed by atoms with van der Waals surface area (Å²) >= 11 is 0. The van der Waals surface area contributed by atoms with Crippen LogP contribution in [0.3, 0.4) is 0 Å². The maximum atomic E-state index is 12.1.